The summed E-state index contributed by atoms with van der Waals surface area (Å²) in [6.45, 7) is 1.11. The summed E-state index contributed by atoms with van der Waals surface area (Å²) in [5.41, 5.74) is 1.16. The minimum atomic E-state index is -0.888. The molecular formula is C25H29N9O3S2. The van der Waals surface area contributed by atoms with Crippen molar-refractivity contribution in [3.8, 4) is 6.07 Å². The van der Waals surface area contributed by atoms with Gasteiger partial charge in [0.25, 0.3) is 11.8 Å². The lowest BCUT2D eigenvalue weighted by Crippen LogP contribution is -2.42. The lowest BCUT2D eigenvalue weighted by molar-refractivity contribution is -0.130. The van der Waals surface area contributed by atoms with Crippen LogP contribution < -0.4 is 16.0 Å². The highest BCUT2D eigenvalue weighted by Gasteiger charge is 2.47. The third-order valence-corrected chi connectivity index (χ3v) is 10.0. The number of thiophene rings is 2. The van der Waals surface area contributed by atoms with Crippen LogP contribution in [-0.4, -0.2) is 83.0 Å². The first kappa shape index (κ1) is 26.9. The molecule has 39 heavy (non-hydrogen) atoms. The third-order valence-electron chi connectivity index (χ3n) is 7.36. The molecule has 1 unspecified atom stereocenters. The molecule has 1 fully saturated rings. The molecule has 0 aromatic carbocycles. The summed E-state index contributed by atoms with van der Waals surface area (Å²) in [5, 5.41) is 33.3. The molecular weight excluding hydrogens is 538 g/mol. The molecule has 204 valence electrons. The standard InChI is InChI=1S/C25H29N9O3S2/c1-27-22(36)17-10-14-5-6-15-11-18(23(37)28-2)39-21(15)25(20(14)38-17,24-30-32-33-31-24)7-8-29-13-19(35)34-9-3-4-16(34)12-26/h10-11,16,29H,3-9,13H2,1-2H3,(H,27,36)(H,28,37)(H,30,31,32,33). The number of fused-ring (bicyclic) bond motifs is 2. The summed E-state index contributed by atoms with van der Waals surface area (Å²) in [5.74, 6) is -0.00599. The molecule has 0 saturated carbocycles. The SMILES string of the molecule is CNC(=O)c1cc2c(s1)C(CCNCC(=O)N1CCCC1C#N)(c1nn[nH]n1)c1sc(C(=O)NC)cc1CC2. The van der Waals surface area contributed by atoms with Gasteiger partial charge in [-0.1, -0.05) is 5.21 Å². The molecule has 2 aliphatic rings. The molecule has 14 heteroatoms. The largest absolute Gasteiger partial charge is 0.354 e. The Labute approximate surface area is 233 Å². The second-order valence-corrected chi connectivity index (χ2v) is 11.6. The van der Waals surface area contributed by atoms with Crippen molar-refractivity contribution in [2.75, 3.05) is 33.7 Å². The number of aromatic nitrogens is 4. The van der Waals surface area contributed by atoms with E-state index in [-0.39, 0.29) is 30.3 Å². The van der Waals surface area contributed by atoms with Gasteiger partial charge in [0.05, 0.1) is 22.4 Å². The molecule has 0 radical (unpaired) electrons. The van der Waals surface area contributed by atoms with Gasteiger partial charge < -0.3 is 20.9 Å². The Bertz CT molecular complexity index is 1360. The fourth-order valence-electron chi connectivity index (χ4n) is 5.45. The number of nitrogens with one attached hydrogen (secondary N) is 4. The summed E-state index contributed by atoms with van der Waals surface area (Å²) < 4.78 is 0. The minimum Gasteiger partial charge on any atom is -0.354 e. The summed E-state index contributed by atoms with van der Waals surface area (Å²) >= 11 is 2.79. The van der Waals surface area contributed by atoms with E-state index in [1.165, 1.54) is 22.7 Å². The summed E-state index contributed by atoms with van der Waals surface area (Å²) in [6, 6.07) is 5.69. The third kappa shape index (κ3) is 4.81. The Morgan fingerprint density at radius 1 is 1.13 bits per heavy atom. The van der Waals surface area contributed by atoms with Crippen LogP contribution in [0.4, 0.5) is 0 Å². The second kappa shape index (κ2) is 11.2. The van der Waals surface area contributed by atoms with Crippen LogP contribution >= 0.6 is 22.7 Å². The highest BCUT2D eigenvalue weighted by molar-refractivity contribution is 7.16. The van der Waals surface area contributed by atoms with Gasteiger partial charge in [-0.3, -0.25) is 14.4 Å². The van der Waals surface area contributed by atoms with Crippen molar-refractivity contribution in [2.45, 2.75) is 43.6 Å². The van der Waals surface area contributed by atoms with Crippen LogP contribution in [0.1, 0.15) is 65.3 Å². The smallest absolute Gasteiger partial charge is 0.261 e. The van der Waals surface area contributed by atoms with Crippen LogP contribution in [0.15, 0.2) is 12.1 Å². The fraction of sp³-hybridized carbons (Fsp3) is 0.480. The van der Waals surface area contributed by atoms with Crippen LogP contribution in [-0.2, 0) is 23.1 Å². The molecule has 1 atom stereocenters. The number of likely N-dealkylation sites (tertiary alicyclic amines) is 1. The highest BCUT2D eigenvalue weighted by Crippen LogP contribution is 2.51. The second-order valence-electron chi connectivity index (χ2n) is 9.53. The molecule has 0 spiro atoms. The Hall–Kier alpha value is -3.67. The van der Waals surface area contributed by atoms with Gasteiger partial charge in [0.15, 0.2) is 5.82 Å². The molecule has 4 heterocycles. The number of nitriles is 1. The summed E-state index contributed by atoms with van der Waals surface area (Å²) in [7, 11) is 3.20. The number of nitrogens with zero attached hydrogens (tertiary/aromatic N) is 5. The normalized spacial score (nSPS) is 17.6. The number of aryl methyl sites for hydroxylation is 2. The van der Waals surface area contributed by atoms with E-state index in [2.05, 4.69) is 42.6 Å². The van der Waals surface area contributed by atoms with E-state index < -0.39 is 5.41 Å². The number of carbonyl (C=O) groups is 3. The molecule has 3 aromatic rings. The Morgan fingerprint density at radius 3 is 2.31 bits per heavy atom. The van der Waals surface area contributed by atoms with Crippen molar-refractivity contribution < 1.29 is 14.4 Å². The summed E-state index contributed by atoms with van der Waals surface area (Å²) in [4.78, 5) is 42.8. The molecule has 12 nitrogen and oxygen atoms in total. The number of H-pyrrole nitrogens is 1. The average molecular weight is 568 g/mol. The van der Waals surface area contributed by atoms with Gasteiger partial charge in [-0.25, -0.2) is 0 Å². The zero-order valence-electron chi connectivity index (χ0n) is 21.7. The van der Waals surface area contributed by atoms with Gasteiger partial charge in [-0.05, 0) is 61.9 Å². The minimum absolute atomic E-state index is 0.0993. The molecule has 5 rings (SSSR count). The van der Waals surface area contributed by atoms with E-state index in [0.29, 0.717) is 54.4 Å². The number of carbonyl (C=O) groups excluding carboxylic acids is 3. The number of tetrazole rings is 1. The molecule has 1 aliphatic carbocycles. The first-order valence-corrected chi connectivity index (χ1v) is 14.4. The predicted octanol–water partition coefficient (Wildman–Crippen LogP) is 0.969. The number of hydrogen-bond donors (Lipinski definition) is 4. The zero-order valence-corrected chi connectivity index (χ0v) is 23.3. The van der Waals surface area contributed by atoms with Crippen LogP contribution in [0.2, 0.25) is 0 Å². The van der Waals surface area contributed by atoms with Gasteiger partial charge in [0.1, 0.15) is 11.5 Å². The lowest BCUT2D eigenvalue weighted by atomic mass is 9.78. The number of aromatic amines is 1. The first-order valence-electron chi connectivity index (χ1n) is 12.8. The van der Waals surface area contributed by atoms with E-state index in [1.807, 2.05) is 12.1 Å². The maximum absolute atomic E-state index is 12.8. The van der Waals surface area contributed by atoms with Gasteiger partial charge in [-0.15, -0.1) is 32.9 Å². The van der Waals surface area contributed by atoms with Crippen molar-refractivity contribution >= 4 is 40.4 Å². The van der Waals surface area contributed by atoms with Crippen LogP contribution in [0, 0.1) is 11.3 Å². The number of hydrogen-bond acceptors (Lipinski definition) is 10. The van der Waals surface area contributed by atoms with Crippen molar-refractivity contribution in [3.63, 3.8) is 0 Å². The number of rotatable bonds is 8. The molecule has 1 aliphatic heterocycles. The van der Waals surface area contributed by atoms with E-state index in [0.717, 1.165) is 27.3 Å². The molecule has 3 aromatic heterocycles. The van der Waals surface area contributed by atoms with E-state index in [4.69, 9.17) is 0 Å². The maximum atomic E-state index is 12.8. The lowest BCUT2D eigenvalue weighted by Gasteiger charge is -2.30. The van der Waals surface area contributed by atoms with Crippen molar-refractivity contribution in [3.05, 3.63) is 48.6 Å². The fourth-order valence-corrected chi connectivity index (χ4v) is 8.27. The van der Waals surface area contributed by atoms with Crippen LogP contribution in [0.3, 0.4) is 0 Å². The zero-order chi connectivity index (χ0) is 27.6. The monoisotopic (exact) mass is 567 g/mol. The van der Waals surface area contributed by atoms with Crippen molar-refractivity contribution in [2.24, 2.45) is 0 Å². The van der Waals surface area contributed by atoms with Crippen molar-refractivity contribution in [1.29, 1.82) is 5.26 Å². The van der Waals surface area contributed by atoms with Crippen LogP contribution in [0.5, 0.6) is 0 Å². The molecule has 3 amide bonds. The topological polar surface area (TPSA) is 169 Å². The van der Waals surface area contributed by atoms with Gasteiger partial charge in [0, 0.05) is 30.4 Å². The average Bonchev–Trinajstić information content (AvgIpc) is 3.77. The Balaban J connectivity index is 1.53. The van der Waals surface area contributed by atoms with Crippen LogP contribution in [0.25, 0.3) is 0 Å². The van der Waals surface area contributed by atoms with Gasteiger partial charge in [-0.2, -0.15) is 10.5 Å². The predicted molar refractivity (Wildman–Crippen MR) is 145 cm³/mol. The van der Waals surface area contributed by atoms with E-state index >= 15 is 0 Å². The Kier molecular flexibility index (Phi) is 7.74. The quantitative estimate of drug-likeness (QED) is 0.292. The molecule has 0 bridgehead atoms. The molecule has 1 saturated heterocycles. The Morgan fingerprint density at radius 2 is 1.77 bits per heavy atom. The summed E-state index contributed by atoms with van der Waals surface area (Å²) in [6.07, 6.45) is 3.37. The van der Waals surface area contributed by atoms with Gasteiger partial charge >= 0.3 is 0 Å². The maximum Gasteiger partial charge on any atom is 0.261 e. The molecule has 4 N–H and O–H groups in total. The van der Waals surface area contributed by atoms with E-state index in [9.17, 15) is 19.6 Å². The van der Waals surface area contributed by atoms with Gasteiger partial charge in [0.2, 0.25) is 5.91 Å². The first-order chi connectivity index (χ1) is 18.9. The van der Waals surface area contributed by atoms with E-state index in [1.54, 1.807) is 19.0 Å². The highest BCUT2D eigenvalue weighted by atomic mass is 32.1. The number of amides is 3. The van der Waals surface area contributed by atoms with Crippen molar-refractivity contribution in [1.82, 2.24) is 41.5 Å².